The minimum absolute atomic E-state index is 0.304. The lowest BCUT2D eigenvalue weighted by atomic mass is 10.1. The van der Waals surface area contributed by atoms with Crippen LogP contribution in [-0.2, 0) is 4.74 Å². The Hall–Kier alpha value is -2.14. The van der Waals surface area contributed by atoms with Crippen LogP contribution in [0.5, 0.6) is 0 Å². The van der Waals surface area contributed by atoms with Crippen LogP contribution in [-0.4, -0.2) is 41.4 Å². The van der Waals surface area contributed by atoms with Gasteiger partial charge in [-0.05, 0) is 37.1 Å². The molecule has 2 saturated heterocycles. The fraction of sp³-hybridized carbons (Fsp3) is 0.375. The van der Waals surface area contributed by atoms with Gasteiger partial charge in [-0.25, -0.2) is 4.79 Å². The van der Waals surface area contributed by atoms with Crippen molar-refractivity contribution in [2.75, 3.05) is 18.0 Å². The zero-order chi connectivity index (χ0) is 14.4. The summed E-state index contributed by atoms with van der Waals surface area (Å²) in [5, 5.41) is 10.0. The molecule has 0 spiro atoms. The summed E-state index contributed by atoms with van der Waals surface area (Å²) in [6.07, 6.45) is 4.41. The predicted molar refractivity (Wildman–Crippen MR) is 78.8 cm³/mol. The molecule has 1 aromatic carbocycles. The smallest absolute Gasteiger partial charge is 0.336 e. The van der Waals surface area contributed by atoms with E-state index in [1.807, 2.05) is 18.2 Å². The number of hydrogen-bond donors (Lipinski definition) is 1. The Morgan fingerprint density at radius 2 is 2.00 bits per heavy atom. The van der Waals surface area contributed by atoms with Crippen molar-refractivity contribution in [1.82, 2.24) is 4.98 Å². The van der Waals surface area contributed by atoms with Crippen LogP contribution in [0.4, 0.5) is 5.69 Å². The normalized spacial score (nSPS) is 24.5. The van der Waals surface area contributed by atoms with Crippen LogP contribution in [0.25, 0.3) is 10.9 Å². The second-order valence-corrected chi connectivity index (χ2v) is 5.73. The largest absolute Gasteiger partial charge is 0.478 e. The van der Waals surface area contributed by atoms with Crippen LogP contribution < -0.4 is 4.90 Å². The molecule has 3 heterocycles. The molecule has 2 unspecified atom stereocenters. The second kappa shape index (κ2) is 4.70. The number of anilines is 1. The Kier molecular flexibility index (Phi) is 2.82. The molecular formula is C16H16N2O3. The number of carboxylic acid groups (broad SMARTS) is 1. The number of rotatable bonds is 2. The number of nitrogens with zero attached hydrogens (tertiary/aromatic N) is 2. The number of ether oxygens (including phenoxy) is 1. The van der Waals surface area contributed by atoms with E-state index >= 15 is 0 Å². The standard InChI is InChI=1S/C16H16N2O3/c19-16(20)13-5-6-17-15-4-1-10(7-14(13)15)18-8-11-2-3-12(9-18)21-11/h1,4-7,11-12H,2-3,8-9H2,(H,19,20). The topological polar surface area (TPSA) is 62.7 Å². The lowest BCUT2D eigenvalue weighted by molar-refractivity contribution is 0.0305. The summed E-state index contributed by atoms with van der Waals surface area (Å²) in [4.78, 5) is 17.9. The predicted octanol–water partition coefficient (Wildman–Crippen LogP) is 2.30. The van der Waals surface area contributed by atoms with Gasteiger partial charge in [-0.15, -0.1) is 0 Å². The van der Waals surface area contributed by atoms with Crippen LogP contribution in [0, 0.1) is 0 Å². The molecule has 2 fully saturated rings. The minimum Gasteiger partial charge on any atom is -0.478 e. The van der Waals surface area contributed by atoms with Crippen molar-refractivity contribution in [3.05, 3.63) is 36.0 Å². The summed E-state index contributed by atoms with van der Waals surface area (Å²) in [6.45, 7) is 1.76. The first kappa shape index (κ1) is 12.6. The highest BCUT2D eigenvalue weighted by Gasteiger charge is 2.33. The van der Waals surface area contributed by atoms with E-state index in [1.165, 1.54) is 0 Å². The molecule has 1 N–H and O–H groups in total. The van der Waals surface area contributed by atoms with Crippen molar-refractivity contribution in [3.63, 3.8) is 0 Å². The summed E-state index contributed by atoms with van der Waals surface area (Å²) in [7, 11) is 0. The Morgan fingerprint density at radius 3 is 2.71 bits per heavy atom. The molecule has 21 heavy (non-hydrogen) atoms. The molecule has 2 aliphatic rings. The molecule has 5 nitrogen and oxygen atoms in total. The van der Waals surface area contributed by atoms with Gasteiger partial charge in [-0.2, -0.15) is 0 Å². The van der Waals surface area contributed by atoms with Crippen molar-refractivity contribution in [3.8, 4) is 0 Å². The third kappa shape index (κ3) is 2.14. The molecule has 108 valence electrons. The average molecular weight is 284 g/mol. The number of benzene rings is 1. The third-order valence-corrected chi connectivity index (χ3v) is 4.36. The Balaban J connectivity index is 1.76. The van der Waals surface area contributed by atoms with E-state index in [2.05, 4.69) is 9.88 Å². The first-order valence-electron chi connectivity index (χ1n) is 7.23. The minimum atomic E-state index is -0.915. The maximum absolute atomic E-state index is 11.4. The van der Waals surface area contributed by atoms with Gasteiger partial charge in [0.1, 0.15) is 0 Å². The monoisotopic (exact) mass is 284 g/mol. The highest BCUT2D eigenvalue weighted by atomic mass is 16.5. The summed E-state index contributed by atoms with van der Waals surface area (Å²) in [5.74, 6) is -0.915. The van der Waals surface area contributed by atoms with Crippen LogP contribution in [0.2, 0.25) is 0 Å². The van der Waals surface area contributed by atoms with Gasteiger partial charge in [0, 0.05) is 30.4 Å². The number of aromatic nitrogens is 1. The van der Waals surface area contributed by atoms with Crippen molar-refractivity contribution in [1.29, 1.82) is 0 Å². The van der Waals surface area contributed by atoms with E-state index in [1.54, 1.807) is 12.3 Å². The lowest BCUT2D eigenvalue weighted by Crippen LogP contribution is -2.42. The van der Waals surface area contributed by atoms with E-state index in [9.17, 15) is 9.90 Å². The highest BCUT2D eigenvalue weighted by Crippen LogP contribution is 2.31. The number of pyridine rings is 1. The Morgan fingerprint density at radius 1 is 1.24 bits per heavy atom. The Bertz CT molecular complexity index is 704. The number of fused-ring (bicyclic) bond motifs is 3. The van der Waals surface area contributed by atoms with Gasteiger partial charge in [0.2, 0.25) is 0 Å². The van der Waals surface area contributed by atoms with Crippen LogP contribution in [0.15, 0.2) is 30.5 Å². The SMILES string of the molecule is O=C(O)c1ccnc2ccc(N3CC4CCC(C3)O4)cc12. The zero-order valence-corrected chi connectivity index (χ0v) is 11.5. The summed E-state index contributed by atoms with van der Waals surface area (Å²) in [5.41, 5.74) is 2.08. The number of morpholine rings is 1. The van der Waals surface area contributed by atoms with Gasteiger partial charge in [-0.1, -0.05) is 0 Å². The summed E-state index contributed by atoms with van der Waals surface area (Å²) in [6, 6.07) is 7.41. The lowest BCUT2D eigenvalue weighted by Gasteiger charge is -2.34. The molecule has 2 aliphatic heterocycles. The van der Waals surface area contributed by atoms with Gasteiger partial charge < -0.3 is 14.7 Å². The number of aromatic carboxylic acids is 1. The second-order valence-electron chi connectivity index (χ2n) is 5.73. The molecule has 0 aliphatic carbocycles. The van der Waals surface area contributed by atoms with E-state index in [0.29, 0.717) is 23.2 Å². The number of carboxylic acids is 1. The van der Waals surface area contributed by atoms with E-state index < -0.39 is 5.97 Å². The maximum atomic E-state index is 11.4. The quantitative estimate of drug-likeness (QED) is 0.916. The molecule has 2 bridgehead atoms. The van der Waals surface area contributed by atoms with Gasteiger partial charge in [0.05, 0.1) is 23.3 Å². The first-order chi connectivity index (χ1) is 10.2. The molecule has 4 rings (SSSR count). The first-order valence-corrected chi connectivity index (χ1v) is 7.23. The maximum Gasteiger partial charge on any atom is 0.336 e. The van der Waals surface area contributed by atoms with Gasteiger partial charge in [-0.3, -0.25) is 4.98 Å². The van der Waals surface area contributed by atoms with Crippen molar-refractivity contribution in [2.45, 2.75) is 25.0 Å². The van der Waals surface area contributed by atoms with Crippen LogP contribution in [0.3, 0.4) is 0 Å². The zero-order valence-electron chi connectivity index (χ0n) is 11.5. The van der Waals surface area contributed by atoms with E-state index in [-0.39, 0.29) is 0 Å². The highest BCUT2D eigenvalue weighted by molar-refractivity contribution is 6.03. The number of hydrogen-bond acceptors (Lipinski definition) is 4. The molecule has 5 heteroatoms. The molecule has 0 radical (unpaired) electrons. The van der Waals surface area contributed by atoms with Gasteiger partial charge >= 0.3 is 5.97 Å². The molecular weight excluding hydrogens is 268 g/mol. The van der Waals surface area contributed by atoms with Crippen LogP contribution >= 0.6 is 0 Å². The average Bonchev–Trinajstić information content (AvgIpc) is 2.84. The molecule has 2 aromatic rings. The summed E-state index contributed by atoms with van der Waals surface area (Å²) < 4.78 is 5.85. The van der Waals surface area contributed by atoms with E-state index in [4.69, 9.17) is 4.74 Å². The summed E-state index contributed by atoms with van der Waals surface area (Å²) >= 11 is 0. The van der Waals surface area contributed by atoms with Crippen molar-refractivity contribution >= 4 is 22.6 Å². The molecule has 1 aromatic heterocycles. The van der Waals surface area contributed by atoms with Crippen molar-refractivity contribution in [2.24, 2.45) is 0 Å². The molecule has 0 saturated carbocycles. The molecule has 0 amide bonds. The number of carbonyl (C=O) groups is 1. The van der Waals surface area contributed by atoms with Gasteiger partial charge in [0.25, 0.3) is 0 Å². The van der Waals surface area contributed by atoms with E-state index in [0.717, 1.165) is 37.1 Å². The van der Waals surface area contributed by atoms with Gasteiger partial charge in [0.15, 0.2) is 0 Å². The molecule has 2 atom stereocenters. The van der Waals surface area contributed by atoms with Crippen molar-refractivity contribution < 1.29 is 14.6 Å². The fourth-order valence-electron chi connectivity index (χ4n) is 3.34. The fourth-order valence-corrected chi connectivity index (χ4v) is 3.34. The third-order valence-electron chi connectivity index (χ3n) is 4.36. The Labute approximate surface area is 122 Å². The van der Waals surface area contributed by atoms with Crippen LogP contribution in [0.1, 0.15) is 23.2 Å².